The third-order valence-corrected chi connectivity index (χ3v) is 7.35. The van der Waals surface area contributed by atoms with Gasteiger partial charge in [0.05, 0.1) is 23.0 Å². The van der Waals surface area contributed by atoms with Crippen LogP contribution in [0.4, 0.5) is 0 Å². The molecule has 0 bridgehead atoms. The number of amides is 1. The Morgan fingerprint density at radius 3 is 2.54 bits per heavy atom. The quantitative estimate of drug-likeness (QED) is 0.455. The van der Waals surface area contributed by atoms with Gasteiger partial charge in [-0.15, -0.1) is 0 Å². The Morgan fingerprint density at radius 2 is 1.77 bits per heavy atom. The second-order valence-electron chi connectivity index (χ2n) is 9.66. The third-order valence-electron chi connectivity index (χ3n) is 7.35. The smallest absolute Gasteiger partial charge is 0.253 e. The van der Waals surface area contributed by atoms with E-state index in [1.807, 2.05) is 61.2 Å². The highest BCUT2D eigenvalue weighted by molar-refractivity contribution is 6.01. The number of carbonyl (C=O) groups is 2. The lowest BCUT2D eigenvalue weighted by atomic mass is 9.81. The lowest BCUT2D eigenvalue weighted by Gasteiger charge is -2.44. The van der Waals surface area contributed by atoms with Crippen molar-refractivity contribution < 1.29 is 14.3 Å². The van der Waals surface area contributed by atoms with Crippen LogP contribution in [0.15, 0.2) is 54.9 Å². The van der Waals surface area contributed by atoms with Crippen LogP contribution in [0.3, 0.4) is 0 Å². The number of piperidine rings is 1. The Labute approximate surface area is 203 Å². The maximum Gasteiger partial charge on any atom is 0.253 e. The molecule has 176 valence electrons. The molecule has 2 aromatic carbocycles. The first-order valence-corrected chi connectivity index (χ1v) is 11.9. The summed E-state index contributed by atoms with van der Waals surface area (Å²) in [5, 5.41) is 0. The number of fused-ring (bicyclic) bond motifs is 2. The van der Waals surface area contributed by atoms with Crippen LogP contribution in [0.25, 0.3) is 22.4 Å². The van der Waals surface area contributed by atoms with Crippen molar-refractivity contribution in [3.05, 3.63) is 77.1 Å². The van der Waals surface area contributed by atoms with Gasteiger partial charge < -0.3 is 14.6 Å². The zero-order chi connectivity index (χ0) is 24.2. The fourth-order valence-electron chi connectivity index (χ4n) is 5.12. The number of ketones is 1. The molecule has 1 spiro atoms. The van der Waals surface area contributed by atoms with Gasteiger partial charge in [0.25, 0.3) is 5.91 Å². The second kappa shape index (κ2) is 8.05. The first-order chi connectivity index (χ1) is 16.9. The Kier molecular flexibility index (Phi) is 4.95. The average Bonchev–Trinajstić information content (AvgIpc) is 3.30. The number of aromatic amines is 1. The van der Waals surface area contributed by atoms with Crippen LogP contribution in [0.1, 0.15) is 51.1 Å². The van der Waals surface area contributed by atoms with Gasteiger partial charge in [0.2, 0.25) is 0 Å². The summed E-state index contributed by atoms with van der Waals surface area (Å²) >= 11 is 0. The first kappa shape index (κ1) is 21.5. The highest BCUT2D eigenvalue weighted by Crippen LogP contribution is 2.40. The molecule has 0 radical (unpaired) electrons. The van der Waals surface area contributed by atoms with E-state index in [0.717, 1.165) is 33.5 Å². The molecule has 0 unspecified atom stereocenters. The van der Waals surface area contributed by atoms with Gasteiger partial charge in [-0.25, -0.2) is 4.98 Å². The van der Waals surface area contributed by atoms with Gasteiger partial charge in [0.1, 0.15) is 17.2 Å². The number of rotatable bonds is 2. The fraction of sp³-hybridized carbons (Fsp3) is 0.286. The summed E-state index contributed by atoms with van der Waals surface area (Å²) < 4.78 is 6.43. The van der Waals surface area contributed by atoms with Gasteiger partial charge in [0.15, 0.2) is 5.78 Å². The standard InChI is InChI=1S/C28H26N4O3/c1-17-13-21-24(33)16-28(35-25(21)14-18(17)2)7-11-32(12-8-28)27(34)20-3-4-22-23(15-20)31-26(30-22)19-5-9-29-10-6-19/h3-6,9-10,13-15H,7-8,11-12,16H2,1-2H3,(H,30,31). The predicted molar refractivity (Wildman–Crippen MR) is 133 cm³/mol. The molecular formula is C28H26N4O3. The summed E-state index contributed by atoms with van der Waals surface area (Å²) in [6.45, 7) is 5.14. The van der Waals surface area contributed by atoms with Crippen LogP contribution in [-0.2, 0) is 0 Å². The number of pyridine rings is 1. The molecule has 2 aromatic heterocycles. The summed E-state index contributed by atoms with van der Waals surface area (Å²) in [6, 6.07) is 13.3. The maximum absolute atomic E-state index is 13.3. The van der Waals surface area contributed by atoms with Gasteiger partial charge in [-0.1, -0.05) is 0 Å². The minimum absolute atomic E-state index is 0.0178. The van der Waals surface area contributed by atoms with Gasteiger partial charge in [-0.3, -0.25) is 14.6 Å². The van der Waals surface area contributed by atoms with Crippen molar-refractivity contribution in [2.45, 2.75) is 38.7 Å². The zero-order valence-corrected chi connectivity index (χ0v) is 19.8. The first-order valence-electron chi connectivity index (χ1n) is 11.9. The number of hydrogen-bond donors (Lipinski definition) is 1. The number of imidazole rings is 1. The van der Waals surface area contributed by atoms with Gasteiger partial charge in [0, 0.05) is 49.5 Å². The maximum atomic E-state index is 13.3. The molecule has 7 nitrogen and oxygen atoms in total. The number of nitrogens with one attached hydrogen (secondary N) is 1. The van der Waals surface area contributed by atoms with E-state index in [-0.39, 0.29) is 11.7 Å². The van der Waals surface area contributed by atoms with Crippen LogP contribution >= 0.6 is 0 Å². The number of Topliss-reactive ketones (excluding diaryl/α,β-unsaturated/α-hetero) is 1. The van der Waals surface area contributed by atoms with Crippen LogP contribution in [0, 0.1) is 13.8 Å². The van der Waals surface area contributed by atoms with Crippen molar-refractivity contribution in [2.75, 3.05) is 13.1 Å². The Balaban J connectivity index is 1.19. The molecule has 7 heteroatoms. The van der Waals surface area contributed by atoms with Crippen molar-refractivity contribution in [1.82, 2.24) is 19.9 Å². The second-order valence-corrected chi connectivity index (χ2v) is 9.66. The highest BCUT2D eigenvalue weighted by atomic mass is 16.5. The normalized spacial score (nSPS) is 16.9. The molecule has 6 rings (SSSR count). The minimum Gasteiger partial charge on any atom is -0.486 e. The van der Waals surface area contributed by atoms with E-state index < -0.39 is 5.60 Å². The van der Waals surface area contributed by atoms with Crippen molar-refractivity contribution in [3.63, 3.8) is 0 Å². The van der Waals surface area contributed by atoms with E-state index in [4.69, 9.17) is 4.74 Å². The van der Waals surface area contributed by atoms with Crippen molar-refractivity contribution in [3.8, 4) is 17.1 Å². The lowest BCUT2D eigenvalue weighted by molar-refractivity contribution is -0.00575. The Morgan fingerprint density at radius 1 is 1.03 bits per heavy atom. The van der Waals surface area contributed by atoms with E-state index in [0.29, 0.717) is 49.2 Å². The molecule has 2 aliphatic heterocycles. The lowest BCUT2D eigenvalue weighted by Crippen LogP contribution is -2.52. The van der Waals surface area contributed by atoms with E-state index in [1.165, 1.54) is 0 Å². The average molecular weight is 467 g/mol. The number of benzene rings is 2. The van der Waals surface area contributed by atoms with E-state index in [2.05, 4.69) is 15.0 Å². The van der Waals surface area contributed by atoms with Crippen LogP contribution in [0.2, 0.25) is 0 Å². The fourth-order valence-corrected chi connectivity index (χ4v) is 5.12. The molecule has 0 aliphatic carbocycles. The number of carbonyl (C=O) groups excluding carboxylic acids is 2. The topological polar surface area (TPSA) is 88.2 Å². The van der Waals surface area contributed by atoms with E-state index >= 15 is 0 Å². The van der Waals surface area contributed by atoms with Crippen LogP contribution < -0.4 is 4.74 Å². The third kappa shape index (κ3) is 3.77. The van der Waals surface area contributed by atoms with E-state index in [9.17, 15) is 9.59 Å². The SMILES string of the molecule is Cc1cc2c(cc1C)C(=O)CC1(CCN(C(=O)c3ccc4nc(-c5ccncc5)[nH]c4c3)CC1)O2. The number of likely N-dealkylation sites (tertiary alicyclic amines) is 1. The van der Waals surface area contributed by atoms with Gasteiger partial charge in [-0.2, -0.15) is 0 Å². The van der Waals surface area contributed by atoms with E-state index in [1.54, 1.807) is 12.4 Å². The predicted octanol–water partition coefficient (Wildman–Crippen LogP) is 4.88. The molecule has 4 heterocycles. The minimum atomic E-state index is -0.532. The molecule has 4 aromatic rings. The summed E-state index contributed by atoms with van der Waals surface area (Å²) in [6.07, 6.45) is 5.09. The summed E-state index contributed by atoms with van der Waals surface area (Å²) in [5.74, 6) is 1.54. The molecule has 0 saturated carbocycles. The monoisotopic (exact) mass is 466 g/mol. The molecule has 35 heavy (non-hydrogen) atoms. The van der Waals surface area contributed by atoms with Crippen LogP contribution in [-0.4, -0.2) is 50.2 Å². The molecule has 1 N–H and O–H groups in total. The summed E-state index contributed by atoms with van der Waals surface area (Å²) in [4.78, 5) is 40.1. The number of nitrogens with zero attached hydrogens (tertiary/aromatic N) is 3. The van der Waals surface area contributed by atoms with Gasteiger partial charge >= 0.3 is 0 Å². The molecule has 1 fully saturated rings. The Hall–Kier alpha value is -4.00. The molecule has 1 saturated heterocycles. The molecular weight excluding hydrogens is 440 g/mol. The number of ether oxygens (including phenoxy) is 1. The number of aromatic nitrogens is 3. The van der Waals surface area contributed by atoms with Crippen molar-refractivity contribution >= 4 is 22.7 Å². The Bertz CT molecular complexity index is 1470. The summed E-state index contributed by atoms with van der Waals surface area (Å²) in [5.41, 5.74) is 5.55. The molecule has 1 amide bonds. The zero-order valence-electron chi connectivity index (χ0n) is 19.8. The largest absolute Gasteiger partial charge is 0.486 e. The van der Waals surface area contributed by atoms with Crippen LogP contribution in [0.5, 0.6) is 5.75 Å². The van der Waals surface area contributed by atoms with Gasteiger partial charge in [-0.05, 0) is 67.4 Å². The highest BCUT2D eigenvalue weighted by Gasteiger charge is 2.43. The number of H-pyrrole nitrogens is 1. The summed E-state index contributed by atoms with van der Waals surface area (Å²) in [7, 11) is 0. The molecule has 0 atom stereocenters. The van der Waals surface area contributed by atoms with Crippen molar-refractivity contribution in [2.24, 2.45) is 0 Å². The number of aryl methyl sites for hydroxylation is 2. The van der Waals surface area contributed by atoms with Crippen molar-refractivity contribution in [1.29, 1.82) is 0 Å². The molecule has 2 aliphatic rings. The number of hydrogen-bond acceptors (Lipinski definition) is 5.